The number of esters is 1. The van der Waals surface area contributed by atoms with Crippen LogP contribution in [0.15, 0.2) is 4.34 Å². The first kappa shape index (κ1) is 11.4. The molecule has 1 aromatic heterocycles. The van der Waals surface area contributed by atoms with Gasteiger partial charge in [0, 0.05) is 11.5 Å². The molecule has 0 spiro atoms. The minimum Gasteiger partial charge on any atom is -0.465 e. The van der Waals surface area contributed by atoms with E-state index < -0.39 is 0 Å². The summed E-state index contributed by atoms with van der Waals surface area (Å²) in [5.41, 5.74) is 0. The SMILES string of the molecule is CCCCOC(=O)CSc1nnns1. The van der Waals surface area contributed by atoms with Crippen LogP contribution < -0.4 is 0 Å². The van der Waals surface area contributed by atoms with Gasteiger partial charge in [0.1, 0.15) is 0 Å². The molecule has 0 aromatic carbocycles. The fourth-order valence-corrected chi connectivity index (χ4v) is 1.80. The lowest BCUT2D eigenvalue weighted by Gasteiger charge is -2.01. The van der Waals surface area contributed by atoms with Crippen molar-refractivity contribution in [2.45, 2.75) is 24.1 Å². The molecule has 14 heavy (non-hydrogen) atoms. The second-order valence-electron chi connectivity index (χ2n) is 2.49. The summed E-state index contributed by atoms with van der Waals surface area (Å²) < 4.78 is 9.23. The highest BCUT2D eigenvalue weighted by Gasteiger charge is 2.06. The number of hydrogen-bond acceptors (Lipinski definition) is 7. The van der Waals surface area contributed by atoms with Crippen LogP contribution in [-0.4, -0.2) is 33.1 Å². The van der Waals surface area contributed by atoms with Gasteiger partial charge in [-0.3, -0.25) is 4.79 Å². The van der Waals surface area contributed by atoms with Crippen molar-refractivity contribution in [2.24, 2.45) is 0 Å². The summed E-state index contributed by atoms with van der Waals surface area (Å²) in [6.07, 6.45) is 1.94. The fraction of sp³-hybridized carbons (Fsp3) is 0.714. The van der Waals surface area contributed by atoms with Crippen molar-refractivity contribution < 1.29 is 9.53 Å². The van der Waals surface area contributed by atoms with Crippen molar-refractivity contribution in [2.75, 3.05) is 12.4 Å². The van der Waals surface area contributed by atoms with Crippen LogP contribution in [0.1, 0.15) is 19.8 Å². The molecule has 0 amide bonds. The van der Waals surface area contributed by atoms with Gasteiger partial charge in [-0.25, -0.2) is 0 Å². The molecule has 0 aliphatic heterocycles. The van der Waals surface area contributed by atoms with E-state index >= 15 is 0 Å². The van der Waals surface area contributed by atoms with Gasteiger partial charge in [-0.1, -0.05) is 29.6 Å². The number of rotatable bonds is 6. The molecular formula is C7H11N3O2S2. The number of carbonyl (C=O) groups is 1. The molecule has 1 heterocycles. The average Bonchev–Trinajstić information content (AvgIpc) is 2.68. The number of hydrogen-bond donors (Lipinski definition) is 0. The third kappa shape index (κ3) is 4.52. The molecule has 0 bridgehead atoms. The van der Waals surface area contributed by atoms with Crippen LogP contribution in [0.3, 0.4) is 0 Å². The highest BCUT2D eigenvalue weighted by molar-refractivity contribution is 8.01. The Kier molecular flexibility index (Phi) is 5.46. The predicted octanol–water partition coefficient (Wildman–Crippen LogP) is 1.37. The van der Waals surface area contributed by atoms with Crippen molar-refractivity contribution in [1.82, 2.24) is 14.8 Å². The maximum atomic E-state index is 11.1. The molecule has 78 valence electrons. The Balaban J connectivity index is 2.09. The Morgan fingerprint density at radius 1 is 1.64 bits per heavy atom. The largest absolute Gasteiger partial charge is 0.465 e. The molecule has 0 atom stereocenters. The Labute approximate surface area is 90.4 Å². The summed E-state index contributed by atoms with van der Waals surface area (Å²) in [6.45, 7) is 2.56. The predicted molar refractivity (Wildman–Crippen MR) is 54.3 cm³/mol. The van der Waals surface area contributed by atoms with Crippen molar-refractivity contribution >= 4 is 29.3 Å². The normalized spacial score (nSPS) is 10.1. The molecule has 1 rings (SSSR count). The summed E-state index contributed by atoms with van der Waals surface area (Å²) in [5, 5.41) is 7.12. The summed E-state index contributed by atoms with van der Waals surface area (Å²) in [7, 11) is 0. The number of ether oxygens (including phenoxy) is 1. The second kappa shape index (κ2) is 6.72. The van der Waals surface area contributed by atoms with Crippen molar-refractivity contribution in [3.63, 3.8) is 0 Å². The monoisotopic (exact) mass is 233 g/mol. The minimum absolute atomic E-state index is 0.210. The van der Waals surface area contributed by atoms with Gasteiger partial charge in [0.25, 0.3) is 0 Å². The van der Waals surface area contributed by atoms with Gasteiger partial charge >= 0.3 is 5.97 Å². The van der Waals surface area contributed by atoms with E-state index in [9.17, 15) is 4.79 Å². The Morgan fingerprint density at radius 2 is 2.50 bits per heavy atom. The van der Waals surface area contributed by atoms with Crippen LogP contribution in [0.5, 0.6) is 0 Å². The van der Waals surface area contributed by atoms with Crippen molar-refractivity contribution in [3.8, 4) is 0 Å². The van der Waals surface area contributed by atoms with E-state index in [4.69, 9.17) is 4.74 Å². The molecule has 7 heteroatoms. The zero-order valence-corrected chi connectivity index (χ0v) is 9.44. The Morgan fingerprint density at radius 3 is 3.14 bits per heavy atom. The van der Waals surface area contributed by atoms with Crippen LogP contribution in [0.25, 0.3) is 0 Å². The van der Waals surface area contributed by atoms with E-state index in [1.54, 1.807) is 0 Å². The topological polar surface area (TPSA) is 65.0 Å². The number of aromatic nitrogens is 3. The maximum absolute atomic E-state index is 11.1. The third-order valence-corrected chi connectivity index (χ3v) is 3.03. The number of nitrogens with zero attached hydrogens (tertiary/aromatic N) is 3. The molecule has 5 nitrogen and oxygen atoms in total. The molecule has 0 N–H and O–H groups in total. The highest BCUT2D eigenvalue weighted by atomic mass is 32.2. The average molecular weight is 233 g/mol. The minimum atomic E-state index is -0.210. The lowest BCUT2D eigenvalue weighted by atomic mass is 10.4. The van der Waals surface area contributed by atoms with Crippen molar-refractivity contribution in [1.29, 1.82) is 0 Å². The number of carbonyl (C=O) groups excluding carboxylic acids is 1. The zero-order valence-electron chi connectivity index (χ0n) is 7.80. The van der Waals surface area contributed by atoms with Crippen LogP contribution >= 0.6 is 23.3 Å². The van der Waals surface area contributed by atoms with Gasteiger partial charge in [-0.2, -0.15) is 0 Å². The fourth-order valence-electron chi connectivity index (χ4n) is 0.674. The summed E-state index contributed by atoms with van der Waals surface area (Å²) in [4.78, 5) is 11.1. The molecule has 0 aliphatic carbocycles. The summed E-state index contributed by atoms with van der Waals surface area (Å²) >= 11 is 2.48. The molecule has 1 aromatic rings. The first-order valence-corrected chi connectivity index (χ1v) is 6.02. The van der Waals surface area contributed by atoms with Crippen molar-refractivity contribution in [3.05, 3.63) is 0 Å². The molecule has 0 aliphatic rings. The first-order valence-electron chi connectivity index (χ1n) is 4.26. The quantitative estimate of drug-likeness (QED) is 0.420. The maximum Gasteiger partial charge on any atom is 0.316 e. The first-order chi connectivity index (χ1) is 6.83. The van der Waals surface area contributed by atoms with E-state index in [1.807, 2.05) is 0 Å². The molecular weight excluding hydrogens is 222 g/mol. The van der Waals surface area contributed by atoms with Crippen LogP contribution in [0.4, 0.5) is 0 Å². The van der Waals surface area contributed by atoms with E-state index in [-0.39, 0.29) is 11.7 Å². The van der Waals surface area contributed by atoms with Gasteiger partial charge in [0.2, 0.25) is 0 Å². The summed E-state index contributed by atoms with van der Waals surface area (Å²) in [6, 6.07) is 0. The summed E-state index contributed by atoms with van der Waals surface area (Å²) in [5.74, 6) is 0.0688. The molecule has 0 fully saturated rings. The van der Waals surface area contributed by atoms with Gasteiger partial charge in [0.05, 0.1) is 12.4 Å². The standard InChI is InChI=1S/C7H11N3O2S2/c1-2-3-4-12-6(11)5-13-7-8-9-10-14-7/h2-5H2,1H3. The van der Waals surface area contributed by atoms with Crippen LogP contribution in [0.2, 0.25) is 0 Å². The molecule has 0 saturated carbocycles. The zero-order chi connectivity index (χ0) is 10.2. The van der Waals surface area contributed by atoms with Gasteiger partial charge < -0.3 is 4.74 Å². The molecule has 0 saturated heterocycles. The van der Waals surface area contributed by atoms with Crippen LogP contribution in [-0.2, 0) is 9.53 Å². The van der Waals surface area contributed by atoms with Crippen LogP contribution in [0, 0.1) is 0 Å². The number of thioether (sulfide) groups is 1. The molecule has 0 unspecified atom stereocenters. The van der Waals surface area contributed by atoms with E-state index in [0.717, 1.165) is 12.8 Å². The highest BCUT2D eigenvalue weighted by Crippen LogP contribution is 2.16. The lowest BCUT2D eigenvalue weighted by Crippen LogP contribution is -2.08. The molecule has 0 radical (unpaired) electrons. The van der Waals surface area contributed by atoms with E-state index in [2.05, 4.69) is 21.7 Å². The second-order valence-corrected chi connectivity index (χ2v) is 4.45. The third-order valence-electron chi connectivity index (χ3n) is 1.36. The van der Waals surface area contributed by atoms with Gasteiger partial charge in [-0.15, -0.1) is 5.10 Å². The van der Waals surface area contributed by atoms with Gasteiger partial charge in [0.15, 0.2) is 4.34 Å². The van der Waals surface area contributed by atoms with Gasteiger partial charge in [-0.05, 0) is 11.6 Å². The Bertz CT molecular complexity index is 266. The Hall–Kier alpha value is -0.690. The van der Waals surface area contributed by atoms with E-state index in [1.165, 1.54) is 23.3 Å². The number of unbranched alkanes of at least 4 members (excludes halogenated alkanes) is 1. The van der Waals surface area contributed by atoms with E-state index in [0.29, 0.717) is 10.9 Å². The smallest absolute Gasteiger partial charge is 0.316 e. The lowest BCUT2D eigenvalue weighted by molar-refractivity contribution is -0.140.